The lowest BCUT2D eigenvalue weighted by Gasteiger charge is -2.09. The Labute approximate surface area is 88.2 Å². The zero-order chi connectivity index (χ0) is 10.2. The van der Waals surface area contributed by atoms with Gasteiger partial charge in [0.2, 0.25) is 0 Å². The molecule has 0 saturated carbocycles. The van der Waals surface area contributed by atoms with Crippen molar-refractivity contribution in [1.82, 2.24) is 0 Å². The van der Waals surface area contributed by atoms with Crippen LogP contribution in [0.4, 0.5) is 17.6 Å². The van der Waals surface area contributed by atoms with Crippen molar-refractivity contribution in [2.75, 3.05) is 0 Å². The van der Waals surface area contributed by atoms with E-state index in [1.807, 2.05) is 0 Å². The first-order valence-corrected chi connectivity index (χ1v) is 4.63. The van der Waals surface area contributed by atoms with Crippen molar-refractivity contribution in [3.05, 3.63) is 32.5 Å². The number of hydrogen-bond donors (Lipinski definition) is 0. The molecule has 0 atom stereocenters. The van der Waals surface area contributed by atoms with Crippen molar-refractivity contribution >= 4 is 31.9 Å². The average Bonchev–Trinajstić information content (AvgIpc) is 1.98. The van der Waals surface area contributed by atoms with Crippen molar-refractivity contribution in [3.8, 4) is 0 Å². The van der Waals surface area contributed by atoms with E-state index in [2.05, 4.69) is 31.9 Å². The normalized spacial score (nSPS) is 11.8. The van der Waals surface area contributed by atoms with Crippen LogP contribution in [0.2, 0.25) is 0 Å². The first kappa shape index (κ1) is 11.0. The minimum Gasteiger partial charge on any atom is -0.204 e. The van der Waals surface area contributed by atoms with Gasteiger partial charge in [-0.2, -0.15) is 13.2 Å². The number of alkyl halides is 3. The van der Waals surface area contributed by atoms with Gasteiger partial charge in [-0.15, -0.1) is 0 Å². The van der Waals surface area contributed by atoms with E-state index < -0.39 is 22.0 Å². The maximum absolute atomic E-state index is 12.9. The molecule has 0 aromatic heterocycles. The Bertz CT molecular complexity index is 332. The van der Waals surface area contributed by atoms with Gasteiger partial charge in [-0.1, -0.05) is 0 Å². The molecule has 0 amide bonds. The lowest BCUT2D eigenvalue weighted by Crippen LogP contribution is -2.07. The van der Waals surface area contributed by atoms with Crippen LogP contribution < -0.4 is 0 Å². The molecule has 1 aromatic carbocycles. The fraction of sp³-hybridized carbons (Fsp3) is 0.143. The number of halogens is 6. The molecule has 0 heterocycles. The highest BCUT2D eigenvalue weighted by molar-refractivity contribution is 9.11. The van der Waals surface area contributed by atoms with Crippen LogP contribution in [0.25, 0.3) is 0 Å². The van der Waals surface area contributed by atoms with Gasteiger partial charge in [0.25, 0.3) is 0 Å². The molecule has 0 bridgehead atoms. The van der Waals surface area contributed by atoms with Gasteiger partial charge in [-0.05, 0) is 44.0 Å². The molecule has 0 aliphatic carbocycles. The molecule has 0 nitrogen and oxygen atoms in total. The van der Waals surface area contributed by atoms with Gasteiger partial charge < -0.3 is 0 Å². The standard InChI is InChI=1S/C7H2Br2F4/c8-4-2-1-3(7(11,12)13)5(9)6(4)10/h1-2H. The summed E-state index contributed by atoms with van der Waals surface area (Å²) in [5.41, 5.74) is -1.02. The first-order valence-electron chi connectivity index (χ1n) is 3.04. The molecular formula is C7H2Br2F4. The van der Waals surface area contributed by atoms with Crippen LogP contribution in [-0.2, 0) is 6.18 Å². The van der Waals surface area contributed by atoms with E-state index in [1.165, 1.54) is 0 Å². The number of hydrogen-bond acceptors (Lipinski definition) is 0. The summed E-state index contributed by atoms with van der Waals surface area (Å²) < 4.78 is 48.8. The van der Waals surface area contributed by atoms with Crippen LogP contribution in [-0.4, -0.2) is 0 Å². The first-order chi connectivity index (χ1) is 5.84. The zero-order valence-corrected chi connectivity index (χ0v) is 9.09. The van der Waals surface area contributed by atoms with Gasteiger partial charge in [0, 0.05) is 0 Å². The van der Waals surface area contributed by atoms with Crippen LogP contribution in [0.5, 0.6) is 0 Å². The molecule has 0 radical (unpaired) electrons. The molecule has 0 aliphatic heterocycles. The van der Waals surface area contributed by atoms with Gasteiger partial charge in [-0.3, -0.25) is 0 Å². The second-order valence-corrected chi connectivity index (χ2v) is 3.87. The predicted molar refractivity (Wildman–Crippen MR) is 46.8 cm³/mol. The molecule has 0 unspecified atom stereocenters. The van der Waals surface area contributed by atoms with Crippen molar-refractivity contribution in [1.29, 1.82) is 0 Å². The summed E-state index contributed by atoms with van der Waals surface area (Å²) in [7, 11) is 0. The summed E-state index contributed by atoms with van der Waals surface area (Å²) >= 11 is 5.32. The van der Waals surface area contributed by atoms with Gasteiger partial charge >= 0.3 is 6.18 Å². The van der Waals surface area contributed by atoms with Crippen LogP contribution in [0.15, 0.2) is 21.1 Å². The predicted octanol–water partition coefficient (Wildman–Crippen LogP) is 4.37. The van der Waals surface area contributed by atoms with Crippen LogP contribution >= 0.6 is 31.9 Å². The van der Waals surface area contributed by atoms with E-state index >= 15 is 0 Å². The summed E-state index contributed by atoms with van der Waals surface area (Å²) in [6.07, 6.45) is -4.54. The van der Waals surface area contributed by atoms with Gasteiger partial charge in [0.1, 0.15) is 0 Å². The molecule has 13 heavy (non-hydrogen) atoms. The van der Waals surface area contributed by atoms with Crippen molar-refractivity contribution in [2.24, 2.45) is 0 Å². The topological polar surface area (TPSA) is 0 Å². The van der Waals surface area contributed by atoms with E-state index in [9.17, 15) is 17.6 Å². The molecule has 0 aliphatic rings. The Morgan fingerprint density at radius 3 is 2.08 bits per heavy atom. The average molecular weight is 322 g/mol. The maximum Gasteiger partial charge on any atom is 0.417 e. The Hall–Kier alpha value is -0.100. The zero-order valence-electron chi connectivity index (χ0n) is 5.92. The molecule has 0 fully saturated rings. The van der Waals surface area contributed by atoms with Gasteiger partial charge in [0.05, 0.1) is 14.5 Å². The molecular weight excluding hydrogens is 320 g/mol. The summed E-state index contributed by atoms with van der Waals surface area (Å²) in [5, 5.41) is 0. The molecule has 1 aromatic rings. The quantitative estimate of drug-likeness (QED) is 0.491. The molecule has 0 N–H and O–H groups in total. The largest absolute Gasteiger partial charge is 0.417 e. The smallest absolute Gasteiger partial charge is 0.204 e. The third-order valence-corrected chi connectivity index (χ3v) is 2.73. The minimum atomic E-state index is -4.54. The van der Waals surface area contributed by atoms with E-state index in [0.29, 0.717) is 0 Å². The third-order valence-electron chi connectivity index (χ3n) is 1.34. The Balaban J connectivity index is 3.35. The second kappa shape index (κ2) is 3.57. The third kappa shape index (κ3) is 2.22. The maximum atomic E-state index is 12.9. The van der Waals surface area contributed by atoms with Crippen molar-refractivity contribution < 1.29 is 17.6 Å². The van der Waals surface area contributed by atoms with E-state index in [-0.39, 0.29) is 4.47 Å². The van der Waals surface area contributed by atoms with Crippen LogP contribution in [0.1, 0.15) is 5.56 Å². The van der Waals surface area contributed by atoms with E-state index in [0.717, 1.165) is 12.1 Å². The SMILES string of the molecule is Fc1c(Br)ccc(C(F)(F)F)c1Br. The minimum absolute atomic E-state index is 0.00706. The highest BCUT2D eigenvalue weighted by atomic mass is 79.9. The Kier molecular flexibility index (Phi) is 3.01. The van der Waals surface area contributed by atoms with E-state index in [1.54, 1.807) is 0 Å². The lowest BCUT2D eigenvalue weighted by atomic mass is 10.2. The lowest BCUT2D eigenvalue weighted by molar-refractivity contribution is -0.138. The fourth-order valence-electron chi connectivity index (χ4n) is 0.745. The van der Waals surface area contributed by atoms with E-state index in [4.69, 9.17) is 0 Å². The van der Waals surface area contributed by atoms with Gasteiger partial charge in [-0.25, -0.2) is 4.39 Å². The van der Waals surface area contributed by atoms with Crippen molar-refractivity contribution in [2.45, 2.75) is 6.18 Å². The van der Waals surface area contributed by atoms with Crippen LogP contribution in [0.3, 0.4) is 0 Å². The summed E-state index contributed by atoms with van der Waals surface area (Å²) in [6, 6.07) is 1.82. The molecule has 72 valence electrons. The highest BCUT2D eigenvalue weighted by Gasteiger charge is 2.34. The molecule has 0 spiro atoms. The summed E-state index contributed by atoms with van der Waals surface area (Å²) in [6.45, 7) is 0. The molecule has 6 heteroatoms. The monoisotopic (exact) mass is 320 g/mol. The highest BCUT2D eigenvalue weighted by Crippen LogP contribution is 2.37. The number of benzene rings is 1. The van der Waals surface area contributed by atoms with Crippen LogP contribution in [0, 0.1) is 5.82 Å². The summed E-state index contributed by atoms with van der Waals surface area (Å²) in [5.74, 6) is -0.949. The Morgan fingerprint density at radius 1 is 1.08 bits per heavy atom. The molecule has 1 rings (SSSR count). The number of rotatable bonds is 0. The summed E-state index contributed by atoms with van der Waals surface area (Å²) in [4.78, 5) is 0. The van der Waals surface area contributed by atoms with Crippen molar-refractivity contribution in [3.63, 3.8) is 0 Å². The second-order valence-electron chi connectivity index (χ2n) is 2.22. The van der Waals surface area contributed by atoms with Gasteiger partial charge in [0.15, 0.2) is 5.82 Å². The Morgan fingerprint density at radius 2 is 1.62 bits per heavy atom. The fourth-order valence-corrected chi connectivity index (χ4v) is 1.91. The molecule has 0 saturated heterocycles.